The number of ether oxygens (including phenoxy) is 4. The summed E-state index contributed by atoms with van der Waals surface area (Å²) >= 11 is 0. The van der Waals surface area contributed by atoms with Crippen LogP contribution in [0, 0.1) is 0 Å². The van der Waals surface area contributed by atoms with Crippen molar-refractivity contribution in [1.29, 1.82) is 0 Å². The van der Waals surface area contributed by atoms with E-state index in [0.29, 0.717) is 0 Å². The van der Waals surface area contributed by atoms with Gasteiger partial charge in [-0.1, -0.05) is 0 Å². The molecular formula is C17H26O10. The van der Waals surface area contributed by atoms with E-state index in [1.54, 1.807) is 0 Å². The Labute approximate surface area is 156 Å². The molecule has 0 spiro atoms. The Bertz CT molecular complexity index is 588. The highest BCUT2D eigenvalue weighted by molar-refractivity contribution is 5.30. The first kappa shape index (κ1) is 21.8. The summed E-state index contributed by atoms with van der Waals surface area (Å²) in [6.07, 6.45) is -5.46. The minimum atomic E-state index is -1.97. The van der Waals surface area contributed by atoms with Crippen molar-refractivity contribution in [3.05, 3.63) is 24.3 Å². The van der Waals surface area contributed by atoms with E-state index in [4.69, 9.17) is 18.9 Å². The van der Waals surface area contributed by atoms with Gasteiger partial charge in [-0.2, -0.15) is 0 Å². The largest absolute Gasteiger partial charge is 0.508 e. The molecule has 1 heterocycles. The molecule has 1 fully saturated rings. The molecular weight excluding hydrogens is 364 g/mol. The van der Waals surface area contributed by atoms with E-state index >= 15 is 0 Å². The normalized spacial score (nSPS) is 31.4. The molecule has 0 aromatic heterocycles. The van der Waals surface area contributed by atoms with Crippen LogP contribution in [0.25, 0.3) is 0 Å². The standard InChI is InChI=1S/C17H26O10/c1-10(20)16(8-18,24-2)25-7-13-14(22)15(23)17(9-19,27-13)26-12-5-3-11(21)4-6-12/h3-6,10,13-15,18-23H,7-9H2,1-2H3/t10?,13-,14+,15?,16?,17-/m1/s1. The molecule has 27 heavy (non-hydrogen) atoms. The molecule has 0 bridgehead atoms. The molecule has 6 N–H and O–H groups in total. The highest BCUT2D eigenvalue weighted by Crippen LogP contribution is 2.35. The van der Waals surface area contributed by atoms with Crippen molar-refractivity contribution in [2.45, 2.75) is 42.9 Å². The number of hydrogen-bond donors (Lipinski definition) is 6. The van der Waals surface area contributed by atoms with Crippen molar-refractivity contribution in [2.75, 3.05) is 26.9 Å². The van der Waals surface area contributed by atoms with Crippen LogP contribution in [0.5, 0.6) is 11.5 Å². The third-order valence-electron chi connectivity index (χ3n) is 4.55. The molecule has 10 nitrogen and oxygen atoms in total. The van der Waals surface area contributed by atoms with Crippen molar-refractivity contribution in [1.82, 2.24) is 0 Å². The van der Waals surface area contributed by atoms with E-state index in [1.807, 2.05) is 0 Å². The maximum atomic E-state index is 10.4. The fourth-order valence-corrected chi connectivity index (χ4v) is 2.77. The first-order chi connectivity index (χ1) is 12.7. The van der Waals surface area contributed by atoms with Crippen molar-refractivity contribution < 1.29 is 49.6 Å². The minimum Gasteiger partial charge on any atom is -0.508 e. The van der Waals surface area contributed by atoms with Crippen molar-refractivity contribution >= 4 is 0 Å². The second-order valence-electron chi connectivity index (χ2n) is 6.32. The molecule has 2 rings (SSSR count). The van der Waals surface area contributed by atoms with Gasteiger partial charge in [-0.05, 0) is 31.2 Å². The Morgan fingerprint density at radius 2 is 1.85 bits per heavy atom. The highest BCUT2D eigenvalue weighted by atomic mass is 16.8. The highest BCUT2D eigenvalue weighted by Gasteiger charge is 2.57. The van der Waals surface area contributed by atoms with E-state index in [9.17, 15) is 30.6 Å². The number of phenolic OH excluding ortho intramolecular Hbond substituents is 1. The number of aliphatic hydroxyl groups is 5. The Morgan fingerprint density at radius 1 is 1.22 bits per heavy atom. The summed E-state index contributed by atoms with van der Waals surface area (Å²) in [6.45, 7) is -0.471. The molecule has 1 aliphatic rings. The Morgan fingerprint density at radius 3 is 2.33 bits per heavy atom. The molecule has 1 aromatic rings. The van der Waals surface area contributed by atoms with Gasteiger partial charge in [0.15, 0.2) is 0 Å². The number of rotatable bonds is 9. The van der Waals surface area contributed by atoms with Crippen LogP contribution >= 0.6 is 0 Å². The van der Waals surface area contributed by atoms with Gasteiger partial charge in [-0.15, -0.1) is 0 Å². The van der Waals surface area contributed by atoms with Gasteiger partial charge in [-0.3, -0.25) is 0 Å². The molecule has 0 aliphatic carbocycles. The van der Waals surface area contributed by atoms with Gasteiger partial charge in [0.25, 0.3) is 5.79 Å². The van der Waals surface area contributed by atoms with Gasteiger partial charge in [-0.25, -0.2) is 0 Å². The van der Waals surface area contributed by atoms with Crippen molar-refractivity contribution in [3.63, 3.8) is 0 Å². The lowest BCUT2D eigenvalue weighted by Gasteiger charge is -2.34. The molecule has 1 aliphatic heterocycles. The number of aromatic hydroxyl groups is 1. The van der Waals surface area contributed by atoms with E-state index in [1.165, 1.54) is 38.3 Å². The lowest BCUT2D eigenvalue weighted by Crippen LogP contribution is -2.51. The first-order valence-electron chi connectivity index (χ1n) is 8.34. The molecule has 0 radical (unpaired) electrons. The number of phenols is 1. The minimum absolute atomic E-state index is 0.00219. The van der Waals surface area contributed by atoms with Gasteiger partial charge in [0, 0.05) is 7.11 Å². The van der Waals surface area contributed by atoms with Crippen LogP contribution in [0.3, 0.4) is 0 Å². The molecule has 3 unspecified atom stereocenters. The van der Waals surface area contributed by atoms with E-state index in [0.717, 1.165) is 0 Å². The lowest BCUT2D eigenvalue weighted by atomic mass is 10.1. The first-order valence-corrected chi connectivity index (χ1v) is 8.34. The maximum Gasteiger partial charge on any atom is 0.263 e. The second kappa shape index (κ2) is 8.67. The van der Waals surface area contributed by atoms with Crippen molar-refractivity contribution in [2.24, 2.45) is 0 Å². The lowest BCUT2D eigenvalue weighted by molar-refractivity contribution is -0.299. The zero-order valence-corrected chi connectivity index (χ0v) is 15.1. The van der Waals surface area contributed by atoms with Crippen LogP contribution in [-0.4, -0.2) is 93.6 Å². The Hall–Kier alpha value is -1.50. The second-order valence-corrected chi connectivity index (χ2v) is 6.32. The predicted octanol–water partition coefficient (Wildman–Crippen LogP) is -1.69. The molecule has 154 valence electrons. The molecule has 0 saturated carbocycles. The number of methoxy groups -OCH3 is 1. The van der Waals surface area contributed by atoms with Crippen LogP contribution in [0.15, 0.2) is 24.3 Å². The summed E-state index contributed by atoms with van der Waals surface area (Å²) in [4.78, 5) is 0. The van der Waals surface area contributed by atoms with E-state index in [2.05, 4.69) is 0 Å². The fourth-order valence-electron chi connectivity index (χ4n) is 2.77. The monoisotopic (exact) mass is 390 g/mol. The van der Waals surface area contributed by atoms with E-state index < -0.39 is 49.2 Å². The number of benzene rings is 1. The summed E-state index contributed by atoms with van der Waals surface area (Å²) in [7, 11) is 1.23. The van der Waals surface area contributed by atoms with Crippen LogP contribution in [0.1, 0.15) is 6.92 Å². The smallest absolute Gasteiger partial charge is 0.263 e. The molecule has 0 amide bonds. The Balaban J connectivity index is 2.13. The molecule has 6 atom stereocenters. The van der Waals surface area contributed by atoms with Crippen LogP contribution in [0.2, 0.25) is 0 Å². The third kappa shape index (κ3) is 4.33. The van der Waals surface area contributed by atoms with Crippen LogP contribution in [-0.2, 0) is 14.2 Å². The van der Waals surface area contributed by atoms with E-state index in [-0.39, 0.29) is 18.1 Å². The zero-order valence-electron chi connectivity index (χ0n) is 15.1. The SMILES string of the molecule is COC(CO)(OC[C@H]1O[C@@](CO)(Oc2ccc(O)cc2)C(O)[C@H]1O)C(C)O. The molecule has 1 saturated heterocycles. The van der Waals surface area contributed by atoms with Gasteiger partial charge >= 0.3 is 0 Å². The summed E-state index contributed by atoms with van der Waals surface area (Å²) in [5.74, 6) is -3.53. The molecule has 10 heteroatoms. The van der Waals surface area contributed by atoms with Gasteiger partial charge in [0.05, 0.1) is 13.2 Å². The Kier molecular flexibility index (Phi) is 7.00. The average molecular weight is 390 g/mol. The summed E-state index contributed by atoms with van der Waals surface area (Å²) < 4.78 is 21.5. The van der Waals surface area contributed by atoms with Crippen LogP contribution < -0.4 is 4.74 Å². The summed E-state index contributed by atoms with van der Waals surface area (Å²) in [6, 6.07) is 5.48. The molecule has 1 aromatic carbocycles. The van der Waals surface area contributed by atoms with Gasteiger partial charge in [0.2, 0.25) is 5.79 Å². The quantitative estimate of drug-likeness (QED) is 0.269. The summed E-state index contributed by atoms with van der Waals surface area (Å²) in [5.41, 5.74) is 0. The van der Waals surface area contributed by atoms with Crippen molar-refractivity contribution in [3.8, 4) is 11.5 Å². The predicted molar refractivity (Wildman–Crippen MR) is 89.9 cm³/mol. The summed E-state index contributed by atoms with van der Waals surface area (Å²) in [5, 5.41) is 58.9. The van der Waals surface area contributed by atoms with Crippen LogP contribution in [0.4, 0.5) is 0 Å². The maximum absolute atomic E-state index is 10.4. The fraction of sp³-hybridized carbons (Fsp3) is 0.647. The average Bonchev–Trinajstić information content (AvgIpc) is 2.90. The number of aliphatic hydroxyl groups excluding tert-OH is 5. The zero-order chi connectivity index (χ0) is 20.2. The van der Waals surface area contributed by atoms with Gasteiger partial charge in [0.1, 0.15) is 42.5 Å². The third-order valence-corrected chi connectivity index (χ3v) is 4.55. The number of hydrogen-bond acceptors (Lipinski definition) is 10. The topological polar surface area (TPSA) is 158 Å². The van der Waals surface area contributed by atoms with Gasteiger partial charge < -0.3 is 49.6 Å².